The lowest BCUT2D eigenvalue weighted by molar-refractivity contribution is 0.145. The molecule has 0 aromatic heterocycles. The first kappa shape index (κ1) is 22.0. The van der Waals surface area contributed by atoms with Crippen LogP contribution in [0, 0.1) is 12.8 Å². The van der Waals surface area contributed by atoms with E-state index in [1.165, 1.54) is 12.8 Å². The van der Waals surface area contributed by atoms with E-state index >= 15 is 0 Å². The van der Waals surface area contributed by atoms with Gasteiger partial charge in [-0.05, 0) is 43.4 Å². The first-order valence-electron chi connectivity index (χ1n) is 10.6. The van der Waals surface area contributed by atoms with Crippen molar-refractivity contribution in [3.63, 3.8) is 0 Å². The number of rotatable bonds is 11. The minimum atomic E-state index is 0.525. The van der Waals surface area contributed by atoms with Crippen LogP contribution in [-0.2, 0) is 17.8 Å². The van der Waals surface area contributed by atoms with Crippen LogP contribution in [0.2, 0.25) is 0 Å². The van der Waals surface area contributed by atoms with Crippen molar-refractivity contribution in [2.45, 2.75) is 32.9 Å². The summed E-state index contributed by atoms with van der Waals surface area (Å²) in [5.41, 5.74) is 3.37. The quantitative estimate of drug-likeness (QED) is 0.336. The molecule has 0 radical (unpaired) electrons. The summed E-state index contributed by atoms with van der Waals surface area (Å²) in [7, 11) is 3.45. The van der Waals surface area contributed by atoms with E-state index < -0.39 is 0 Å². The van der Waals surface area contributed by atoms with Crippen LogP contribution >= 0.6 is 0 Å². The van der Waals surface area contributed by atoms with Gasteiger partial charge in [0.05, 0.1) is 13.2 Å². The lowest BCUT2D eigenvalue weighted by Gasteiger charge is -2.16. The molecular formula is C24H33N3O3. The maximum absolute atomic E-state index is 6.00. The lowest BCUT2D eigenvalue weighted by atomic mass is 10.1. The molecule has 30 heavy (non-hydrogen) atoms. The number of benzene rings is 2. The van der Waals surface area contributed by atoms with E-state index in [0.29, 0.717) is 26.3 Å². The molecule has 0 atom stereocenters. The van der Waals surface area contributed by atoms with Gasteiger partial charge in [-0.3, -0.25) is 4.99 Å². The summed E-state index contributed by atoms with van der Waals surface area (Å²) in [5.74, 6) is 3.28. The van der Waals surface area contributed by atoms with Crippen LogP contribution < -0.4 is 20.1 Å². The van der Waals surface area contributed by atoms with Crippen molar-refractivity contribution in [2.24, 2.45) is 10.9 Å². The number of nitrogens with one attached hydrogen (secondary N) is 2. The third-order valence-electron chi connectivity index (χ3n) is 5.03. The molecule has 6 nitrogen and oxygen atoms in total. The molecule has 0 heterocycles. The predicted molar refractivity (Wildman–Crippen MR) is 120 cm³/mol. The van der Waals surface area contributed by atoms with E-state index in [1.54, 1.807) is 14.2 Å². The van der Waals surface area contributed by atoms with Crippen LogP contribution in [0.3, 0.4) is 0 Å². The third-order valence-corrected chi connectivity index (χ3v) is 5.03. The highest BCUT2D eigenvalue weighted by Gasteiger charge is 2.22. The largest absolute Gasteiger partial charge is 0.493 e. The van der Waals surface area contributed by atoms with Gasteiger partial charge in [0, 0.05) is 38.4 Å². The van der Waals surface area contributed by atoms with Gasteiger partial charge in [-0.2, -0.15) is 0 Å². The molecule has 162 valence electrons. The lowest BCUT2D eigenvalue weighted by Crippen LogP contribution is -2.36. The molecule has 1 saturated carbocycles. The van der Waals surface area contributed by atoms with Gasteiger partial charge in [0.2, 0.25) is 0 Å². The Bertz CT molecular complexity index is 834. The SMILES string of the molecule is CN=C(NCc1ccc(C)cc1OCCOC)NCc1ccccc1OCC1CC1. The van der Waals surface area contributed by atoms with Crippen LogP contribution in [-0.4, -0.2) is 39.9 Å². The molecule has 0 spiro atoms. The second-order valence-electron chi connectivity index (χ2n) is 7.59. The van der Waals surface area contributed by atoms with Gasteiger partial charge in [0.1, 0.15) is 18.1 Å². The Labute approximate surface area is 179 Å². The number of ether oxygens (including phenoxy) is 3. The summed E-state index contributed by atoms with van der Waals surface area (Å²) >= 11 is 0. The molecule has 1 aliphatic carbocycles. The summed E-state index contributed by atoms with van der Waals surface area (Å²) in [6, 6.07) is 14.4. The Hall–Kier alpha value is -2.73. The highest BCUT2D eigenvalue weighted by molar-refractivity contribution is 5.79. The van der Waals surface area contributed by atoms with Crippen molar-refractivity contribution in [1.82, 2.24) is 10.6 Å². The first-order chi connectivity index (χ1) is 14.7. The summed E-state index contributed by atoms with van der Waals surface area (Å²) in [6.07, 6.45) is 2.57. The van der Waals surface area contributed by atoms with E-state index in [9.17, 15) is 0 Å². The van der Waals surface area contributed by atoms with Crippen molar-refractivity contribution in [2.75, 3.05) is 34.0 Å². The highest BCUT2D eigenvalue weighted by atomic mass is 16.5. The molecule has 0 saturated heterocycles. The van der Waals surface area contributed by atoms with Crippen molar-refractivity contribution in [3.05, 3.63) is 59.2 Å². The Morgan fingerprint density at radius 2 is 1.70 bits per heavy atom. The van der Waals surface area contributed by atoms with Crippen molar-refractivity contribution in [3.8, 4) is 11.5 Å². The number of hydrogen-bond donors (Lipinski definition) is 2. The average Bonchev–Trinajstić information content (AvgIpc) is 3.59. The van der Waals surface area contributed by atoms with Crippen LogP contribution in [0.25, 0.3) is 0 Å². The second-order valence-corrected chi connectivity index (χ2v) is 7.59. The van der Waals surface area contributed by atoms with Gasteiger partial charge in [0.25, 0.3) is 0 Å². The summed E-state index contributed by atoms with van der Waals surface area (Å²) in [5, 5.41) is 6.75. The molecule has 2 aromatic carbocycles. The highest BCUT2D eigenvalue weighted by Crippen LogP contribution is 2.30. The number of aryl methyl sites for hydroxylation is 1. The van der Waals surface area contributed by atoms with E-state index in [0.717, 1.165) is 46.7 Å². The maximum Gasteiger partial charge on any atom is 0.191 e. The zero-order valence-corrected chi connectivity index (χ0v) is 18.2. The number of guanidine groups is 1. The predicted octanol–water partition coefficient (Wildman–Crippen LogP) is 3.67. The third kappa shape index (κ3) is 6.95. The molecule has 2 N–H and O–H groups in total. The van der Waals surface area contributed by atoms with Crippen LogP contribution in [0.15, 0.2) is 47.5 Å². The van der Waals surface area contributed by atoms with Crippen molar-refractivity contribution < 1.29 is 14.2 Å². The van der Waals surface area contributed by atoms with E-state index in [2.05, 4.69) is 46.8 Å². The molecule has 3 rings (SSSR count). The normalized spacial score (nSPS) is 13.8. The van der Waals surface area contributed by atoms with E-state index in [-0.39, 0.29) is 0 Å². The minimum Gasteiger partial charge on any atom is -0.493 e. The van der Waals surface area contributed by atoms with Gasteiger partial charge in [-0.15, -0.1) is 0 Å². The fourth-order valence-electron chi connectivity index (χ4n) is 3.04. The van der Waals surface area contributed by atoms with Crippen LogP contribution in [0.4, 0.5) is 0 Å². The van der Waals surface area contributed by atoms with Crippen molar-refractivity contribution in [1.29, 1.82) is 0 Å². The number of para-hydroxylation sites is 1. The van der Waals surface area contributed by atoms with Crippen LogP contribution in [0.5, 0.6) is 11.5 Å². The molecule has 0 unspecified atom stereocenters. The zero-order chi connectivity index (χ0) is 21.2. The van der Waals surface area contributed by atoms with Gasteiger partial charge in [-0.25, -0.2) is 0 Å². The Balaban J connectivity index is 1.54. The standard InChI is InChI=1S/C24H33N3O3/c1-18-8-11-21(23(14-18)29-13-12-28-3)16-27-24(25-2)26-15-20-6-4-5-7-22(20)30-17-19-9-10-19/h4-8,11,14,19H,9-10,12-13,15-17H2,1-3H3,(H2,25,26,27). The van der Waals surface area contributed by atoms with E-state index in [1.807, 2.05) is 18.2 Å². The van der Waals surface area contributed by atoms with Gasteiger partial charge < -0.3 is 24.8 Å². The molecular weight excluding hydrogens is 378 g/mol. The fourth-order valence-corrected chi connectivity index (χ4v) is 3.04. The fraction of sp³-hybridized carbons (Fsp3) is 0.458. The zero-order valence-electron chi connectivity index (χ0n) is 18.2. The second kappa shape index (κ2) is 11.5. The first-order valence-corrected chi connectivity index (χ1v) is 10.6. The van der Waals surface area contributed by atoms with Gasteiger partial charge in [-0.1, -0.05) is 30.3 Å². The Morgan fingerprint density at radius 3 is 2.40 bits per heavy atom. The Morgan fingerprint density at radius 1 is 0.967 bits per heavy atom. The summed E-state index contributed by atoms with van der Waals surface area (Å²) in [4.78, 5) is 4.35. The number of aliphatic imine (C=N–C) groups is 1. The maximum atomic E-state index is 6.00. The Kier molecular flexibility index (Phi) is 8.39. The van der Waals surface area contributed by atoms with E-state index in [4.69, 9.17) is 14.2 Å². The number of methoxy groups -OCH3 is 1. The number of nitrogens with zero attached hydrogens (tertiary/aromatic N) is 1. The van der Waals surface area contributed by atoms with Gasteiger partial charge >= 0.3 is 0 Å². The monoisotopic (exact) mass is 411 g/mol. The van der Waals surface area contributed by atoms with Crippen LogP contribution in [0.1, 0.15) is 29.5 Å². The minimum absolute atomic E-state index is 0.525. The summed E-state index contributed by atoms with van der Waals surface area (Å²) in [6.45, 7) is 5.21. The average molecular weight is 412 g/mol. The molecule has 2 aromatic rings. The molecule has 0 aliphatic heterocycles. The molecule has 1 fully saturated rings. The van der Waals surface area contributed by atoms with Crippen molar-refractivity contribution >= 4 is 5.96 Å². The number of hydrogen-bond acceptors (Lipinski definition) is 4. The smallest absolute Gasteiger partial charge is 0.191 e. The van der Waals surface area contributed by atoms with Gasteiger partial charge in [0.15, 0.2) is 5.96 Å². The topological polar surface area (TPSA) is 64.1 Å². The molecule has 6 heteroatoms. The molecule has 1 aliphatic rings. The molecule has 0 amide bonds. The molecule has 0 bridgehead atoms. The summed E-state index contributed by atoms with van der Waals surface area (Å²) < 4.78 is 17.0.